The molecule has 2 rings (SSSR count). The largest absolute Gasteiger partial charge is 0.496 e. The Kier molecular flexibility index (Phi) is 6.46. The number of esters is 1. The van der Waals surface area contributed by atoms with Gasteiger partial charge in [-0.25, -0.2) is 4.79 Å². The predicted octanol–water partition coefficient (Wildman–Crippen LogP) is 3.68. The van der Waals surface area contributed by atoms with E-state index in [1.165, 1.54) is 26.2 Å². The summed E-state index contributed by atoms with van der Waals surface area (Å²) in [6, 6.07) is 10.2. The number of benzene rings is 2. The zero-order valence-electron chi connectivity index (χ0n) is 14.8. The summed E-state index contributed by atoms with van der Waals surface area (Å²) in [5.74, 6) is -0.949. The van der Waals surface area contributed by atoms with Crippen molar-refractivity contribution in [2.45, 2.75) is 26.4 Å². The molecule has 0 aromatic heterocycles. The summed E-state index contributed by atoms with van der Waals surface area (Å²) in [7, 11) is 1.40. The molecule has 1 atom stereocenters. The molecule has 0 bridgehead atoms. The Bertz CT molecular complexity index is 806. The van der Waals surface area contributed by atoms with Crippen LogP contribution in [0.25, 0.3) is 0 Å². The number of nitrogens with one attached hydrogen (secondary N) is 1. The minimum Gasteiger partial charge on any atom is -0.496 e. The SMILES string of the molecule is CCc1ccc(NC(=O)[C@H](C)OC(=O)c2cc(Cl)c(N)cc2OC)cc1. The van der Waals surface area contributed by atoms with Crippen molar-refractivity contribution in [3.63, 3.8) is 0 Å². The number of carbonyl (C=O) groups is 2. The van der Waals surface area contributed by atoms with Gasteiger partial charge >= 0.3 is 5.97 Å². The van der Waals surface area contributed by atoms with E-state index >= 15 is 0 Å². The molecule has 2 aromatic carbocycles. The van der Waals surface area contributed by atoms with Crippen molar-refractivity contribution >= 4 is 34.9 Å². The van der Waals surface area contributed by atoms with Crippen molar-refractivity contribution in [3.05, 3.63) is 52.5 Å². The zero-order valence-corrected chi connectivity index (χ0v) is 15.6. The van der Waals surface area contributed by atoms with E-state index in [-0.39, 0.29) is 22.0 Å². The molecule has 0 saturated carbocycles. The molecule has 0 aliphatic heterocycles. The van der Waals surface area contributed by atoms with Gasteiger partial charge in [0.2, 0.25) is 0 Å². The minimum absolute atomic E-state index is 0.0960. The lowest BCUT2D eigenvalue weighted by Gasteiger charge is -2.15. The molecule has 2 aromatic rings. The van der Waals surface area contributed by atoms with E-state index < -0.39 is 18.0 Å². The lowest BCUT2D eigenvalue weighted by molar-refractivity contribution is -0.123. The first-order valence-corrected chi connectivity index (χ1v) is 8.47. The molecule has 0 aliphatic rings. The molecule has 138 valence electrons. The molecule has 26 heavy (non-hydrogen) atoms. The van der Waals surface area contributed by atoms with Crippen LogP contribution in [0.3, 0.4) is 0 Å². The standard InChI is InChI=1S/C19H21ClN2O4/c1-4-12-5-7-13(8-6-12)22-18(23)11(2)26-19(24)14-9-15(20)16(21)10-17(14)25-3/h5-11H,4,21H2,1-3H3,(H,22,23)/t11-/m0/s1. The summed E-state index contributed by atoms with van der Waals surface area (Å²) < 4.78 is 10.3. The van der Waals surface area contributed by atoms with Gasteiger partial charge in [0.05, 0.1) is 17.8 Å². The van der Waals surface area contributed by atoms with E-state index in [4.69, 9.17) is 26.8 Å². The normalized spacial score (nSPS) is 11.5. The van der Waals surface area contributed by atoms with Crippen molar-refractivity contribution in [2.75, 3.05) is 18.2 Å². The van der Waals surface area contributed by atoms with Crippen molar-refractivity contribution in [3.8, 4) is 5.75 Å². The lowest BCUT2D eigenvalue weighted by Crippen LogP contribution is -2.30. The van der Waals surface area contributed by atoms with Crippen LogP contribution in [0.15, 0.2) is 36.4 Å². The van der Waals surface area contributed by atoms with Crippen molar-refractivity contribution in [1.82, 2.24) is 0 Å². The highest BCUT2D eigenvalue weighted by Crippen LogP contribution is 2.29. The molecular formula is C19H21ClN2O4. The minimum atomic E-state index is -1.01. The van der Waals surface area contributed by atoms with Crippen LogP contribution in [0.2, 0.25) is 5.02 Å². The molecule has 6 nitrogen and oxygen atoms in total. The number of ether oxygens (including phenoxy) is 2. The first kappa shape index (κ1) is 19.6. The number of hydrogen-bond acceptors (Lipinski definition) is 5. The highest BCUT2D eigenvalue weighted by Gasteiger charge is 2.22. The second kappa shape index (κ2) is 8.58. The van der Waals surface area contributed by atoms with Crippen LogP contribution in [0.1, 0.15) is 29.8 Å². The number of methoxy groups -OCH3 is 1. The van der Waals surface area contributed by atoms with Gasteiger partial charge in [-0.05, 0) is 37.1 Å². The summed E-state index contributed by atoms with van der Waals surface area (Å²) in [5, 5.41) is 2.91. The van der Waals surface area contributed by atoms with Gasteiger partial charge in [-0.2, -0.15) is 0 Å². The Morgan fingerprint density at radius 3 is 2.46 bits per heavy atom. The van der Waals surface area contributed by atoms with E-state index in [1.807, 2.05) is 19.1 Å². The highest BCUT2D eigenvalue weighted by molar-refractivity contribution is 6.33. The first-order chi connectivity index (χ1) is 12.3. The van der Waals surface area contributed by atoms with Gasteiger partial charge in [-0.3, -0.25) is 4.79 Å². The molecule has 1 amide bonds. The lowest BCUT2D eigenvalue weighted by atomic mass is 10.1. The van der Waals surface area contributed by atoms with Crippen LogP contribution in [0, 0.1) is 0 Å². The van der Waals surface area contributed by atoms with Crippen LogP contribution in [0.5, 0.6) is 5.75 Å². The van der Waals surface area contributed by atoms with Crippen LogP contribution >= 0.6 is 11.6 Å². The van der Waals surface area contributed by atoms with Crippen LogP contribution < -0.4 is 15.8 Å². The quantitative estimate of drug-likeness (QED) is 0.592. The molecule has 0 unspecified atom stereocenters. The van der Waals surface area contributed by atoms with Crippen LogP contribution in [0.4, 0.5) is 11.4 Å². The third kappa shape index (κ3) is 4.67. The Balaban J connectivity index is 2.06. The van der Waals surface area contributed by atoms with E-state index in [2.05, 4.69) is 5.32 Å². The number of nitrogens with two attached hydrogens (primary N) is 1. The fraction of sp³-hybridized carbons (Fsp3) is 0.263. The Morgan fingerprint density at radius 2 is 1.88 bits per heavy atom. The highest BCUT2D eigenvalue weighted by atomic mass is 35.5. The van der Waals surface area contributed by atoms with Gasteiger partial charge < -0.3 is 20.5 Å². The van der Waals surface area contributed by atoms with Crippen LogP contribution in [-0.4, -0.2) is 25.1 Å². The zero-order chi connectivity index (χ0) is 19.3. The smallest absolute Gasteiger partial charge is 0.342 e. The van der Waals surface area contributed by atoms with E-state index in [9.17, 15) is 9.59 Å². The molecule has 0 radical (unpaired) electrons. The summed E-state index contributed by atoms with van der Waals surface area (Å²) in [6.07, 6.45) is -0.0943. The molecule has 0 aliphatic carbocycles. The number of nitrogen functional groups attached to an aromatic ring is 1. The summed E-state index contributed by atoms with van der Waals surface area (Å²) in [4.78, 5) is 24.6. The second-order valence-electron chi connectivity index (χ2n) is 5.66. The fourth-order valence-electron chi connectivity index (χ4n) is 2.24. The van der Waals surface area contributed by atoms with E-state index in [1.54, 1.807) is 12.1 Å². The Morgan fingerprint density at radius 1 is 1.23 bits per heavy atom. The summed E-state index contributed by atoms with van der Waals surface area (Å²) >= 11 is 5.95. The van der Waals surface area contributed by atoms with Gasteiger partial charge in [-0.1, -0.05) is 30.7 Å². The number of halogens is 1. The maximum Gasteiger partial charge on any atom is 0.342 e. The topological polar surface area (TPSA) is 90.7 Å². The monoisotopic (exact) mass is 376 g/mol. The average Bonchev–Trinajstić information content (AvgIpc) is 2.63. The number of carbonyl (C=O) groups excluding carboxylic acids is 2. The Labute approximate surface area is 157 Å². The van der Waals surface area contributed by atoms with Crippen LogP contribution in [-0.2, 0) is 16.0 Å². The van der Waals surface area contributed by atoms with Crippen molar-refractivity contribution in [2.24, 2.45) is 0 Å². The second-order valence-corrected chi connectivity index (χ2v) is 6.07. The number of hydrogen-bond donors (Lipinski definition) is 2. The maximum absolute atomic E-state index is 12.4. The number of rotatable bonds is 6. The van der Waals surface area contributed by atoms with Gasteiger partial charge in [-0.15, -0.1) is 0 Å². The van der Waals surface area contributed by atoms with E-state index in [0.717, 1.165) is 12.0 Å². The molecular weight excluding hydrogens is 356 g/mol. The first-order valence-electron chi connectivity index (χ1n) is 8.09. The molecule has 3 N–H and O–H groups in total. The molecule has 0 fully saturated rings. The van der Waals surface area contributed by atoms with Crippen molar-refractivity contribution < 1.29 is 19.1 Å². The maximum atomic E-state index is 12.4. The number of aryl methyl sites for hydroxylation is 1. The fourth-order valence-corrected chi connectivity index (χ4v) is 2.41. The van der Waals surface area contributed by atoms with Crippen molar-refractivity contribution in [1.29, 1.82) is 0 Å². The number of amides is 1. The summed E-state index contributed by atoms with van der Waals surface area (Å²) in [6.45, 7) is 3.53. The van der Waals surface area contributed by atoms with Gasteiger partial charge in [0, 0.05) is 11.8 Å². The third-order valence-electron chi connectivity index (χ3n) is 3.82. The van der Waals surface area contributed by atoms with Gasteiger partial charge in [0.25, 0.3) is 5.91 Å². The van der Waals surface area contributed by atoms with Gasteiger partial charge in [0.1, 0.15) is 11.3 Å². The molecule has 0 saturated heterocycles. The third-order valence-corrected chi connectivity index (χ3v) is 4.15. The number of anilines is 2. The molecule has 7 heteroatoms. The molecule has 0 heterocycles. The summed E-state index contributed by atoms with van der Waals surface area (Å²) in [5.41, 5.74) is 7.86. The van der Waals surface area contributed by atoms with Gasteiger partial charge in [0.15, 0.2) is 6.10 Å². The Hall–Kier alpha value is -2.73. The average molecular weight is 377 g/mol. The molecule has 0 spiro atoms. The van der Waals surface area contributed by atoms with E-state index in [0.29, 0.717) is 5.69 Å². The predicted molar refractivity (Wildman–Crippen MR) is 102 cm³/mol.